The average Bonchev–Trinajstić information content (AvgIpc) is 2.56. The summed E-state index contributed by atoms with van der Waals surface area (Å²) in [7, 11) is 0. The summed E-state index contributed by atoms with van der Waals surface area (Å²) in [5, 5.41) is 4.97. The minimum atomic E-state index is -0.478. The maximum atomic E-state index is 11.1. The van der Waals surface area contributed by atoms with Gasteiger partial charge in [-0.2, -0.15) is 5.10 Å². The van der Waals surface area contributed by atoms with Crippen LogP contribution in [-0.2, 0) is 6.54 Å². The second kappa shape index (κ2) is 3.14. The van der Waals surface area contributed by atoms with Crippen LogP contribution in [0.1, 0.15) is 17.4 Å². The van der Waals surface area contributed by atoms with Gasteiger partial charge in [0.25, 0.3) is 5.91 Å². The Bertz CT molecular complexity index is 487. The van der Waals surface area contributed by atoms with E-state index >= 15 is 0 Å². The monoisotopic (exact) mass is 189 g/mol. The molecular weight excluding hydrogens is 178 g/mol. The summed E-state index contributed by atoms with van der Waals surface area (Å²) in [6, 6.07) is 7.57. The smallest absolute Gasteiger partial charge is 0.269 e. The van der Waals surface area contributed by atoms with Gasteiger partial charge in [-0.3, -0.25) is 9.48 Å². The number of carbonyl (C=O) groups is 1. The van der Waals surface area contributed by atoms with Crippen LogP contribution >= 0.6 is 0 Å². The van der Waals surface area contributed by atoms with Gasteiger partial charge in [0.15, 0.2) is 5.69 Å². The van der Waals surface area contributed by atoms with Crippen LogP contribution in [0, 0.1) is 0 Å². The fourth-order valence-corrected chi connectivity index (χ4v) is 1.55. The van der Waals surface area contributed by atoms with E-state index in [1.165, 1.54) is 0 Å². The van der Waals surface area contributed by atoms with Crippen molar-refractivity contribution in [1.82, 2.24) is 9.78 Å². The average molecular weight is 189 g/mol. The lowest BCUT2D eigenvalue weighted by molar-refractivity contribution is 0.0996. The predicted molar refractivity (Wildman–Crippen MR) is 53.9 cm³/mol. The number of benzene rings is 1. The molecule has 2 rings (SSSR count). The molecule has 1 amide bonds. The molecule has 1 aromatic heterocycles. The number of amides is 1. The number of aryl methyl sites for hydroxylation is 1. The number of hydrogen-bond acceptors (Lipinski definition) is 2. The molecule has 0 saturated carbocycles. The highest BCUT2D eigenvalue weighted by molar-refractivity contribution is 6.03. The quantitative estimate of drug-likeness (QED) is 0.770. The maximum absolute atomic E-state index is 11.1. The highest BCUT2D eigenvalue weighted by Crippen LogP contribution is 2.17. The Morgan fingerprint density at radius 3 is 2.86 bits per heavy atom. The zero-order valence-corrected chi connectivity index (χ0v) is 7.90. The van der Waals surface area contributed by atoms with Gasteiger partial charge in [-0.1, -0.05) is 18.2 Å². The molecule has 0 aliphatic rings. The van der Waals surface area contributed by atoms with Gasteiger partial charge in [-0.05, 0) is 13.0 Å². The molecule has 0 aliphatic carbocycles. The first-order valence-electron chi connectivity index (χ1n) is 4.49. The second-order valence-corrected chi connectivity index (χ2v) is 3.05. The van der Waals surface area contributed by atoms with E-state index in [9.17, 15) is 4.79 Å². The van der Waals surface area contributed by atoms with Gasteiger partial charge in [0.1, 0.15) is 0 Å². The van der Waals surface area contributed by atoms with Crippen LogP contribution in [0.15, 0.2) is 24.3 Å². The predicted octanol–water partition coefficient (Wildman–Crippen LogP) is 1.16. The van der Waals surface area contributed by atoms with E-state index in [4.69, 9.17) is 5.73 Å². The summed E-state index contributed by atoms with van der Waals surface area (Å²) in [6.07, 6.45) is 0. The second-order valence-electron chi connectivity index (χ2n) is 3.05. The van der Waals surface area contributed by atoms with Crippen LogP contribution in [0.2, 0.25) is 0 Å². The molecule has 0 atom stereocenters. The molecule has 4 heteroatoms. The van der Waals surface area contributed by atoms with Crippen molar-refractivity contribution in [3.05, 3.63) is 30.0 Å². The molecule has 0 aliphatic heterocycles. The molecule has 14 heavy (non-hydrogen) atoms. The third-order valence-corrected chi connectivity index (χ3v) is 2.19. The number of rotatable bonds is 2. The number of carbonyl (C=O) groups excluding carboxylic acids is 1. The molecule has 0 saturated heterocycles. The van der Waals surface area contributed by atoms with Crippen LogP contribution < -0.4 is 5.73 Å². The SMILES string of the molecule is CCn1nc(C(N)=O)c2ccccc21. The zero-order valence-electron chi connectivity index (χ0n) is 7.90. The summed E-state index contributed by atoms with van der Waals surface area (Å²) < 4.78 is 1.77. The molecule has 4 nitrogen and oxygen atoms in total. The zero-order chi connectivity index (χ0) is 10.1. The maximum Gasteiger partial charge on any atom is 0.269 e. The molecule has 0 bridgehead atoms. The Labute approximate surface area is 81.3 Å². The summed E-state index contributed by atoms with van der Waals surface area (Å²) in [6.45, 7) is 2.71. The highest BCUT2D eigenvalue weighted by Gasteiger charge is 2.12. The molecule has 0 radical (unpaired) electrons. The number of hydrogen-bond donors (Lipinski definition) is 1. The van der Waals surface area contributed by atoms with Gasteiger partial charge in [-0.25, -0.2) is 0 Å². The minimum Gasteiger partial charge on any atom is -0.364 e. The number of para-hydroxylation sites is 1. The summed E-state index contributed by atoms with van der Waals surface area (Å²) >= 11 is 0. The van der Waals surface area contributed by atoms with Gasteiger partial charge >= 0.3 is 0 Å². The molecule has 1 aromatic carbocycles. The number of fused-ring (bicyclic) bond motifs is 1. The third-order valence-electron chi connectivity index (χ3n) is 2.19. The van der Waals surface area contributed by atoms with Crippen molar-refractivity contribution in [3.8, 4) is 0 Å². The van der Waals surface area contributed by atoms with E-state index in [2.05, 4.69) is 5.10 Å². The summed E-state index contributed by atoms with van der Waals surface area (Å²) in [5.41, 5.74) is 6.53. The van der Waals surface area contributed by atoms with Crippen molar-refractivity contribution in [2.45, 2.75) is 13.5 Å². The van der Waals surface area contributed by atoms with Crippen molar-refractivity contribution < 1.29 is 4.79 Å². The van der Waals surface area contributed by atoms with E-state index in [-0.39, 0.29) is 0 Å². The van der Waals surface area contributed by atoms with Gasteiger partial charge in [-0.15, -0.1) is 0 Å². The highest BCUT2D eigenvalue weighted by atomic mass is 16.1. The lowest BCUT2D eigenvalue weighted by Gasteiger charge is -1.95. The summed E-state index contributed by atoms with van der Waals surface area (Å²) in [5.74, 6) is -0.478. The molecule has 2 aromatic rings. The molecule has 1 heterocycles. The Kier molecular flexibility index (Phi) is 1.96. The van der Waals surface area contributed by atoms with Crippen molar-refractivity contribution in [2.75, 3.05) is 0 Å². The summed E-state index contributed by atoms with van der Waals surface area (Å²) in [4.78, 5) is 11.1. The molecule has 0 spiro atoms. The number of primary amides is 1. The number of aromatic nitrogens is 2. The third kappa shape index (κ3) is 1.16. The minimum absolute atomic E-state index is 0.349. The number of nitrogens with zero attached hydrogens (tertiary/aromatic N) is 2. The van der Waals surface area contributed by atoms with Gasteiger partial charge in [0.2, 0.25) is 0 Å². The molecule has 72 valence electrons. The van der Waals surface area contributed by atoms with E-state index in [1.807, 2.05) is 31.2 Å². The van der Waals surface area contributed by atoms with Crippen molar-refractivity contribution in [3.63, 3.8) is 0 Å². The van der Waals surface area contributed by atoms with Crippen LogP contribution in [0.3, 0.4) is 0 Å². The van der Waals surface area contributed by atoms with Crippen LogP contribution in [-0.4, -0.2) is 15.7 Å². The van der Waals surface area contributed by atoms with Gasteiger partial charge in [0, 0.05) is 11.9 Å². The standard InChI is InChI=1S/C10H11N3O/c1-2-13-8-6-4-3-5-7(8)9(12-13)10(11)14/h3-6H,2H2,1H3,(H2,11,14). The topological polar surface area (TPSA) is 60.9 Å². The fourth-order valence-electron chi connectivity index (χ4n) is 1.55. The van der Waals surface area contributed by atoms with Crippen LogP contribution in [0.25, 0.3) is 10.9 Å². The Hall–Kier alpha value is -1.84. The fraction of sp³-hybridized carbons (Fsp3) is 0.200. The molecule has 2 N–H and O–H groups in total. The Morgan fingerprint density at radius 1 is 1.50 bits per heavy atom. The molecule has 0 fully saturated rings. The van der Waals surface area contributed by atoms with Crippen LogP contribution in [0.4, 0.5) is 0 Å². The first-order valence-corrected chi connectivity index (χ1v) is 4.49. The Morgan fingerprint density at radius 2 is 2.21 bits per heavy atom. The molecular formula is C10H11N3O. The van der Waals surface area contributed by atoms with E-state index in [0.29, 0.717) is 5.69 Å². The molecule has 0 unspecified atom stereocenters. The van der Waals surface area contributed by atoms with Crippen molar-refractivity contribution >= 4 is 16.8 Å². The van der Waals surface area contributed by atoms with E-state index in [1.54, 1.807) is 4.68 Å². The van der Waals surface area contributed by atoms with Gasteiger partial charge in [0.05, 0.1) is 5.52 Å². The van der Waals surface area contributed by atoms with Crippen molar-refractivity contribution in [2.24, 2.45) is 5.73 Å². The first-order chi connectivity index (χ1) is 6.74. The largest absolute Gasteiger partial charge is 0.364 e. The van der Waals surface area contributed by atoms with Gasteiger partial charge < -0.3 is 5.73 Å². The van der Waals surface area contributed by atoms with E-state index in [0.717, 1.165) is 17.4 Å². The lowest BCUT2D eigenvalue weighted by atomic mass is 10.2. The first kappa shape index (κ1) is 8.74. The normalized spacial score (nSPS) is 10.6. The van der Waals surface area contributed by atoms with Crippen LogP contribution in [0.5, 0.6) is 0 Å². The number of nitrogens with two attached hydrogens (primary N) is 1. The lowest BCUT2D eigenvalue weighted by Crippen LogP contribution is -2.12. The van der Waals surface area contributed by atoms with E-state index < -0.39 is 5.91 Å². The Balaban J connectivity index is 2.80. The van der Waals surface area contributed by atoms with Crippen molar-refractivity contribution in [1.29, 1.82) is 0 Å².